The second-order valence-corrected chi connectivity index (χ2v) is 5.42. The molecular weight excluding hydrogens is 266 g/mol. The van der Waals surface area contributed by atoms with Gasteiger partial charge in [0.2, 0.25) is 5.91 Å². The SMILES string of the molecule is Cc1sc2ncn(CC(=O)NCCO)c(=O)c2c1C. The first-order valence-corrected chi connectivity index (χ1v) is 6.69. The highest BCUT2D eigenvalue weighted by Crippen LogP contribution is 2.25. The summed E-state index contributed by atoms with van der Waals surface area (Å²) in [7, 11) is 0. The molecule has 0 bridgehead atoms. The van der Waals surface area contributed by atoms with Crippen LogP contribution >= 0.6 is 11.3 Å². The number of thiophene rings is 1. The lowest BCUT2D eigenvalue weighted by atomic mass is 10.2. The Balaban J connectivity index is 2.35. The van der Waals surface area contributed by atoms with E-state index in [0.717, 1.165) is 10.4 Å². The lowest BCUT2D eigenvalue weighted by molar-refractivity contribution is -0.121. The Hall–Kier alpha value is -1.73. The van der Waals surface area contributed by atoms with E-state index in [2.05, 4.69) is 10.3 Å². The summed E-state index contributed by atoms with van der Waals surface area (Å²) in [6.07, 6.45) is 1.39. The fourth-order valence-electron chi connectivity index (χ4n) is 1.79. The maximum absolute atomic E-state index is 12.3. The zero-order valence-corrected chi connectivity index (χ0v) is 11.6. The predicted octanol–water partition coefficient (Wildman–Crippen LogP) is 0.183. The van der Waals surface area contributed by atoms with Crippen LogP contribution in [0.4, 0.5) is 0 Å². The van der Waals surface area contributed by atoms with Gasteiger partial charge in [-0.3, -0.25) is 14.2 Å². The van der Waals surface area contributed by atoms with Gasteiger partial charge in [-0.15, -0.1) is 11.3 Å². The van der Waals surface area contributed by atoms with E-state index >= 15 is 0 Å². The average Bonchev–Trinajstić information content (AvgIpc) is 2.67. The first-order chi connectivity index (χ1) is 9.04. The van der Waals surface area contributed by atoms with E-state index in [1.54, 1.807) is 0 Å². The van der Waals surface area contributed by atoms with E-state index in [0.29, 0.717) is 10.2 Å². The molecular formula is C12H15N3O3S. The summed E-state index contributed by atoms with van der Waals surface area (Å²) in [6, 6.07) is 0. The van der Waals surface area contributed by atoms with Crippen LogP contribution in [0.15, 0.2) is 11.1 Å². The van der Waals surface area contributed by atoms with Crippen molar-refractivity contribution < 1.29 is 9.90 Å². The third kappa shape index (κ3) is 2.66. The summed E-state index contributed by atoms with van der Waals surface area (Å²) in [5.74, 6) is -0.318. The van der Waals surface area contributed by atoms with Gasteiger partial charge in [0.15, 0.2) is 0 Å². The summed E-state index contributed by atoms with van der Waals surface area (Å²) in [6.45, 7) is 3.80. The monoisotopic (exact) mass is 281 g/mol. The smallest absolute Gasteiger partial charge is 0.262 e. The summed E-state index contributed by atoms with van der Waals surface area (Å²) >= 11 is 1.48. The van der Waals surface area contributed by atoms with Crippen LogP contribution in [0, 0.1) is 13.8 Å². The van der Waals surface area contributed by atoms with Crippen LogP contribution in [0.5, 0.6) is 0 Å². The number of carbonyl (C=O) groups excluding carboxylic acids is 1. The molecule has 0 spiro atoms. The van der Waals surface area contributed by atoms with Crippen molar-refractivity contribution in [2.75, 3.05) is 13.2 Å². The summed E-state index contributed by atoms with van der Waals surface area (Å²) < 4.78 is 1.29. The quantitative estimate of drug-likeness (QED) is 0.837. The maximum atomic E-state index is 12.3. The minimum atomic E-state index is -0.318. The minimum absolute atomic E-state index is 0.0872. The zero-order chi connectivity index (χ0) is 14.0. The highest BCUT2D eigenvalue weighted by Gasteiger charge is 2.13. The van der Waals surface area contributed by atoms with Gasteiger partial charge in [0.25, 0.3) is 5.56 Å². The van der Waals surface area contributed by atoms with Crippen molar-refractivity contribution >= 4 is 27.5 Å². The molecule has 6 nitrogen and oxygen atoms in total. The van der Waals surface area contributed by atoms with Gasteiger partial charge in [-0.2, -0.15) is 0 Å². The Morgan fingerprint density at radius 3 is 2.95 bits per heavy atom. The number of aryl methyl sites for hydroxylation is 2. The third-order valence-electron chi connectivity index (χ3n) is 2.90. The Morgan fingerprint density at radius 2 is 2.26 bits per heavy atom. The van der Waals surface area contributed by atoms with Crippen molar-refractivity contribution in [3.05, 3.63) is 27.1 Å². The number of hydrogen-bond acceptors (Lipinski definition) is 5. The maximum Gasteiger partial charge on any atom is 0.262 e. The lowest BCUT2D eigenvalue weighted by Gasteiger charge is -2.06. The second-order valence-electron chi connectivity index (χ2n) is 4.21. The highest BCUT2D eigenvalue weighted by atomic mass is 32.1. The Kier molecular flexibility index (Phi) is 3.96. The van der Waals surface area contributed by atoms with Gasteiger partial charge in [0.1, 0.15) is 11.4 Å². The van der Waals surface area contributed by atoms with Crippen LogP contribution in [0.25, 0.3) is 10.2 Å². The number of aliphatic hydroxyl groups excluding tert-OH is 1. The molecule has 0 saturated heterocycles. The highest BCUT2D eigenvalue weighted by molar-refractivity contribution is 7.18. The van der Waals surface area contributed by atoms with Gasteiger partial charge in [0, 0.05) is 11.4 Å². The standard InChI is InChI=1S/C12H15N3O3S/c1-7-8(2)19-11-10(7)12(18)15(6-14-11)5-9(17)13-3-4-16/h6,16H,3-5H2,1-2H3,(H,13,17). The Bertz CT molecular complexity index is 675. The largest absolute Gasteiger partial charge is 0.395 e. The molecule has 0 aliphatic heterocycles. The number of aliphatic hydroxyl groups is 1. The molecule has 0 aliphatic carbocycles. The number of fused-ring (bicyclic) bond motifs is 1. The number of nitrogens with zero attached hydrogens (tertiary/aromatic N) is 2. The number of nitrogens with one attached hydrogen (secondary N) is 1. The first kappa shape index (κ1) is 13.7. The number of rotatable bonds is 4. The molecule has 2 aromatic rings. The fraction of sp³-hybridized carbons (Fsp3) is 0.417. The molecule has 0 fully saturated rings. The van der Waals surface area contributed by atoms with Crippen LogP contribution in [-0.4, -0.2) is 33.7 Å². The van der Waals surface area contributed by atoms with Gasteiger partial charge >= 0.3 is 0 Å². The molecule has 1 amide bonds. The summed E-state index contributed by atoms with van der Waals surface area (Å²) in [5.41, 5.74) is 0.716. The van der Waals surface area contributed by atoms with Crippen molar-refractivity contribution in [1.29, 1.82) is 0 Å². The van der Waals surface area contributed by atoms with Crippen molar-refractivity contribution in [1.82, 2.24) is 14.9 Å². The van der Waals surface area contributed by atoms with Crippen molar-refractivity contribution in [2.45, 2.75) is 20.4 Å². The fourth-order valence-corrected chi connectivity index (χ4v) is 2.78. The van der Waals surface area contributed by atoms with Gasteiger partial charge in [-0.25, -0.2) is 4.98 Å². The van der Waals surface area contributed by atoms with Gasteiger partial charge in [-0.1, -0.05) is 0 Å². The average molecular weight is 281 g/mol. The van der Waals surface area contributed by atoms with Gasteiger partial charge in [-0.05, 0) is 19.4 Å². The zero-order valence-electron chi connectivity index (χ0n) is 10.8. The van der Waals surface area contributed by atoms with E-state index in [4.69, 9.17) is 5.11 Å². The molecule has 102 valence electrons. The molecule has 0 aliphatic rings. The van der Waals surface area contributed by atoms with Crippen molar-refractivity contribution in [3.8, 4) is 0 Å². The van der Waals surface area contributed by atoms with Crippen molar-refractivity contribution in [3.63, 3.8) is 0 Å². The van der Waals surface area contributed by atoms with Crippen molar-refractivity contribution in [2.24, 2.45) is 0 Å². The normalized spacial score (nSPS) is 10.9. The number of aromatic nitrogens is 2. The molecule has 2 N–H and O–H groups in total. The molecule has 0 radical (unpaired) electrons. The Morgan fingerprint density at radius 1 is 1.53 bits per heavy atom. The topological polar surface area (TPSA) is 84.2 Å². The third-order valence-corrected chi connectivity index (χ3v) is 4.02. The van der Waals surface area contributed by atoms with Crippen LogP contribution in [0.1, 0.15) is 10.4 Å². The molecule has 2 aromatic heterocycles. The minimum Gasteiger partial charge on any atom is -0.395 e. The number of amides is 1. The van der Waals surface area contributed by atoms with Crippen LogP contribution < -0.4 is 10.9 Å². The first-order valence-electron chi connectivity index (χ1n) is 5.87. The van der Waals surface area contributed by atoms with E-state index < -0.39 is 0 Å². The molecule has 2 rings (SSSR count). The van der Waals surface area contributed by atoms with E-state index in [-0.39, 0.29) is 31.2 Å². The van der Waals surface area contributed by atoms with E-state index in [1.165, 1.54) is 22.2 Å². The molecule has 19 heavy (non-hydrogen) atoms. The molecule has 0 aromatic carbocycles. The number of carbonyl (C=O) groups is 1. The van der Waals surface area contributed by atoms with E-state index in [9.17, 15) is 9.59 Å². The lowest BCUT2D eigenvalue weighted by Crippen LogP contribution is -2.33. The number of hydrogen-bond donors (Lipinski definition) is 2. The molecule has 2 heterocycles. The molecule has 0 atom stereocenters. The second kappa shape index (κ2) is 5.50. The molecule has 0 unspecified atom stereocenters. The van der Waals surface area contributed by atoms with E-state index in [1.807, 2.05) is 13.8 Å². The summed E-state index contributed by atoms with van der Waals surface area (Å²) in [4.78, 5) is 29.8. The summed E-state index contributed by atoms with van der Waals surface area (Å²) in [5, 5.41) is 11.7. The molecule has 7 heteroatoms. The van der Waals surface area contributed by atoms with Crippen LogP contribution in [0.2, 0.25) is 0 Å². The Labute approximate surface area is 113 Å². The molecule has 0 saturated carbocycles. The van der Waals surface area contributed by atoms with Crippen LogP contribution in [0.3, 0.4) is 0 Å². The van der Waals surface area contributed by atoms with Crippen LogP contribution in [-0.2, 0) is 11.3 Å². The van der Waals surface area contributed by atoms with Gasteiger partial charge in [0.05, 0.1) is 18.3 Å². The van der Waals surface area contributed by atoms with Gasteiger partial charge < -0.3 is 10.4 Å². The predicted molar refractivity (Wildman–Crippen MR) is 73.4 cm³/mol.